The molecule has 0 aliphatic rings. The van der Waals surface area contributed by atoms with Crippen LogP contribution in [0.5, 0.6) is 0 Å². The number of aliphatic carboxylic acids is 1. The van der Waals surface area contributed by atoms with E-state index in [1.54, 1.807) is 46.1 Å². The fourth-order valence-electron chi connectivity index (χ4n) is 3.70. The molecule has 0 radical (unpaired) electrons. The third-order valence-corrected chi connectivity index (χ3v) is 5.28. The van der Waals surface area contributed by atoms with Gasteiger partial charge in [0.25, 0.3) is 11.5 Å². The maximum absolute atomic E-state index is 13.3. The predicted octanol–water partition coefficient (Wildman–Crippen LogP) is 2.63. The number of aryl methyl sites for hydroxylation is 1. The molecule has 0 aliphatic heterocycles. The summed E-state index contributed by atoms with van der Waals surface area (Å²) in [6.07, 6.45) is 1.01. The Hall–Kier alpha value is -4.01. The first-order valence-electron chi connectivity index (χ1n) is 10.5. The van der Waals surface area contributed by atoms with Crippen LogP contribution in [0.1, 0.15) is 37.2 Å². The van der Waals surface area contributed by atoms with Crippen molar-refractivity contribution in [3.05, 3.63) is 58.0 Å². The largest absolute Gasteiger partial charge is 0.481 e. The molecule has 0 saturated heterocycles. The van der Waals surface area contributed by atoms with Crippen molar-refractivity contribution in [2.75, 3.05) is 12.4 Å². The number of carboxylic acid groups (broad SMARTS) is 1. The van der Waals surface area contributed by atoms with Crippen LogP contribution in [0.15, 0.2) is 46.8 Å². The number of hydrogen-bond acceptors (Lipinski definition) is 6. The van der Waals surface area contributed by atoms with Crippen molar-refractivity contribution in [1.82, 2.24) is 14.9 Å². The Kier molecular flexibility index (Phi) is 6.91. The molecule has 9 heteroatoms. The van der Waals surface area contributed by atoms with Crippen LogP contribution in [0.3, 0.4) is 0 Å². The average Bonchev–Trinajstić information content (AvgIpc) is 2.77. The summed E-state index contributed by atoms with van der Waals surface area (Å²) in [6, 6.07) is 7.87. The Morgan fingerprint density at radius 2 is 1.88 bits per heavy atom. The molecular formula is C24H26N4O5. The number of aromatic nitrogens is 2. The number of rotatable bonds is 8. The number of pyridine rings is 2. The molecular weight excluding hydrogens is 424 g/mol. The number of carboxylic acids is 1. The predicted molar refractivity (Wildman–Crippen MR) is 127 cm³/mol. The molecule has 9 nitrogen and oxygen atoms in total. The molecule has 3 aromatic rings. The summed E-state index contributed by atoms with van der Waals surface area (Å²) < 4.78 is 1.35. The maximum atomic E-state index is 13.3. The molecule has 0 fully saturated rings. The maximum Gasteiger partial charge on any atom is 0.303 e. The number of benzene rings is 1. The van der Waals surface area contributed by atoms with Crippen LogP contribution in [-0.4, -0.2) is 45.4 Å². The van der Waals surface area contributed by atoms with Gasteiger partial charge < -0.3 is 20.3 Å². The Labute approximate surface area is 190 Å². The number of nitrogens with one attached hydrogen (secondary N) is 2. The van der Waals surface area contributed by atoms with Gasteiger partial charge in [-0.15, -0.1) is 0 Å². The van der Waals surface area contributed by atoms with Gasteiger partial charge in [-0.2, -0.15) is 0 Å². The Bertz CT molecular complexity index is 1350. The SMILES string of the molecule is CNc1cc2c3ccccc3nc(C(=O)N[C@@H](CCC(=O)O)C(=O)C=C(C)C)c2n(C)c1=O. The van der Waals surface area contributed by atoms with Crippen LogP contribution in [0.25, 0.3) is 21.8 Å². The van der Waals surface area contributed by atoms with Crippen LogP contribution in [-0.2, 0) is 16.6 Å². The molecule has 0 aliphatic carbocycles. The van der Waals surface area contributed by atoms with E-state index in [4.69, 9.17) is 5.11 Å². The normalized spacial score (nSPS) is 11.8. The van der Waals surface area contributed by atoms with Gasteiger partial charge >= 0.3 is 5.97 Å². The van der Waals surface area contributed by atoms with Gasteiger partial charge in [0.2, 0.25) is 0 Å². The van der Waals surface area contributed by atoms with Gasteiger partial charge in [0.05, 0.1) is 17.1 Å². The summed E-state index contributed by atoms with van der Waals surface area (Å²) >= 11 is 0. The zero-order valence-corrected chi connectivity index (χ0v) is 18.9. The van der Waals surface area contributed by atoms with Gasteiger partial charge in [0, 0.05) is 31.3 Å². The minimum atomic E-state index is -1.07. The lowest BCUT2D eigenvalue weighted by Gasteiger charge is -2.18. The first-order valence-corrected chi connectivity index (χ1v) is 10.5. The summed E-state index contributed by atoms with van der Waals surface area (Å²) in [5.74, 6) is -2.14. The van der Waals surface area contributed by atoms with Crippen LogP contribution >= 0.6 is 0 Å². The van der Waals surface area contributed by atoms with Gasteiger partial charge in [-0.3, -0.25) is 19.2 Å². The van der Waals surface area contributed by atoms with Gasteiger partial charge in [-0.25, -0.2) is 4.98 Å². The van der Waals surface area contributed by atoms with Gasteiger partial charge in [-0.05, 0) is 38.5 Å². The van der Waals surface area contributed by atoms with E-state index in [1.165, 1.54) is 10.6 Å². The van der Waals surface area contributed by atoms with Gasteiger partial charge in [0.1, 0.15) is 5.69 Å². The standard InChI is InChI=1S/C24H26N4O5/c1-13(2)11-19(29)17(9-10-20(30)31)27-23(32)21-22-15(12-18(25-3)24(33)28(22)4)14-7-5-6-8-16(14)26-21/h5-8,11-12,17,25H,9-10H2,1-4H3,(H,27,32)(H,30,31)/t17-/m0/s1. The molecule has 2 aromatic heterocycles. The quantitative estimate of drug-likeness (QED) is 0.355. The number of carbonyl (C=O) groups excluding carboxylic acids is 2. The fraction of sp³-hybridized carbons (Fsp3) is 0.292. The average molecular weight is 450 g/mol. The summed E-state index contributed by atoms with van der Waals surface area (Å²) in [5, 5.41) is 16.0. The van der Waals surface area contributed by atoms with Crippen LogP contribution in [0.2, 0.25) is 0 Å². The number of nitrogens with zero attached hydrogens (tertiary/aromatic N) is 2. The van der Waals surface area contributed by atoms with Gasteiger partial charge in [-0.1, -0.05) is 23.8 Å². The Balaban J connectivity index is 2.18. The highest BCUT2D eigenvalue weighted by Crippen LogP contribution is 2.27. The topological polar surface area (TPSA) is 130 Å². The number of ketones is 1. The monoisotopic (exact) mass is 450 g/mol. The van der Waals surface area contributed by atoms with E-state index in [-0.39, 0.29) is 24.1 Å². The third kappa shape index (κ3) is 4.92. The lowest BCUT2D eigenvalue weighted by molar-refractivity contribution is -0.137. The van der Waals surface area contributed by atoms with E-state index in [1.807, 2.05) is 12.1 Å². The number of allylic oxidation sites excluding steroid dienone is 1. The number of para-hydroxylation sites is 1. The molecule has 0 spiro atoms. The molecule has 3 N–H and O–H groups in total. The number of fused-ring (bicyclic) bond motifs is 3. The van der Waals surface area contributed by atoms with E-state index in [0.29, 0.717) is 22.1 Å². The highest BCUT2D eigenvalue weighted by atomic mass is 16.4. The van der Waals surface area contributed by atoms with Crippen molar-refractivity contribution in [2.24, 2.45) is 7.05 Å². The number of hydrogen-bond donors (Lipinski definition) is 3. The summed E-state index contributed by atoms with van der Waals surface area (Å²) in [7, 11) is 3.19. The van der Waals surface area contributed by atoms with Crippen LogP contribution < -0.4 is 16.2 Å². The van der Waals surface area contributed by atoms with E-state index in [2.05, 4.69) is 15.6 Å². The molecule has 1 aromatic carbocycles. The van der Waals surface area contributed by atoms with Gasteiger partial charge in [0.15, 0.2) is 11.5 Å². The van der Waals surface area contributed by atoms with Crippen molar-refractivity contribution in [3.63, 3.8) is 0 Å². The van der Waals surface area contributed by atoms with Crippen molar-refractivity contribution in [3.8, 4) is 0 Å². The van der Waals surface area contributed by atoms with Crippen LogP contribution in [0.4, 0.5) is 5.69 Å². The lowest BCUT2D eigenvalue weighted by atomic mass is 10.0. The Morgan fingerprint density at radius 1 is 1.18 bits per heavy atom. The van der Waals surface area contributed by atoms with E-state index >= 15 is 0 Å². The van der Waals surface area contributed by atoms with Crippen molar-refractivity contribution in [1.29, 1.82) is 0 Å². The minimum Gasteiger partial charge on any atom is -0.481 e. The zero-order chi connectivity index (χ0) is 24.3. The number of carbonyl (C=O) groups is 3. The van der Waals surface area contributed by atoms with E-state index in [0.717, 1.165) is 11.0 Å². The molecule has 1 atom stereocenters. The molecule has 0 unspecified atom stereocenters. The molecule has 172 valence electrons. The van der Waals surface area contributed by atoms with E-state index < -0.39 is 23.7 Å². The second-order valence-electron chi connectivity index (χ2n) is 7.99. The van der Waals surface area contributed by atoms with Crippen molar-refractivity contribution in [2.45, 2.75) is 32.7 Å². The lowest BCUT2D eigenvalue weighted by Crippen LogP contribution is -2.41. The summed E-state index contributed by atoms with van der Waals surface area (Å²) in [4.78, 5) is 54.3. The van der Waals surface area contributed by atoms with E-state index in [9.17, 15) is 19.2 Å². The number of anilines is 1. The minimum absolute atomic E-state index is 0.0173. The van der Waals surface area contributed by atoms with Crippen LogP contribution in [0, 0.1) is 0 Å². The molecule has 2 heterocycles. The first-order chi connectivity index (χ1) is 15.6. The number of amides is 1. The Morgan fingerprint density at radius 3 is 2.52 bits per heavy atom. The highest BCUT2D eigenvalue weighted by molar-refractivity contribution is 6.14. The molecule has 1 amide bonds. The summed E-state index contributed by atoms with van der Waals surface area (Å²) in [6.45, 7) is 3.48. The second kappa shape index (κ2) is 9.64. The first kappa shape index (κ1) is 23.6. The third-order valence-electron chi connectivity index (χ3n) is 5.28. The molecule has 0 saturated carbocycles. The zero-order valence-electron chi connectivity index (χ0n) is 18.9. The summed E-state index contributed by atoms with van der Waals surface area (Å²) in [5.41, 5.74) is 1.61. The smallest absolute Gasteiger partial charge is 0.303 e. The molecule has 3 rings (SSSR count). The highest BCUT2D eigenvalue weighted by Gasteiger charge is 2.25. The molecule has 0 bridgehead atoms. The molecule has 33 heavy (non-hydrogen) atoms. The second-order valence-corrected chi connectivity index (χ2v) is 7.99. The van der Waals surface area contributed by atoms with Crippen molar-refractivity contribution < 1.29 is 19.5 Å². The van der Waals surface area contributed by atoms with Crippen molar-refractivity contribution >= 4 is 45.2 Å². The fourth-order valence-corrected chi connectivity index (χ4v) is 3.70.